The molecule has 0 saturated carbocycles. The van der Waals surface area contributed by atoms with Gasteiger partial charge in [0.1, 0.15) is 28.9 Å². The number of fused-ring (bicyclic) bond motifs is 1. The lowest BCUT2D eigenvalue weighted by atomic mass is 9.83. The first-order valence-electron chi connectivity index (χ1n) is 14.5. The summed E-state index contributed by atoms with van der Waals surface area (Å²) >= 11 is 0. The van der Waals surface area contributed by atoms with Crippen LogP contribution in [0.25, 0.3) is 0 Å². The first-order chi connectivity index (χ1) is 20.4. The maximum absolute atomic E-state index is 12.8. The molecular formula is C34H38N2O6. The van der Waals surface area contributed by atoms with Crippen LogP contribution in [0.1, 0.15) is 69.6 Å². The van der Waals surface area contributed by atoms with E-state index in [9.17, 15) is 10.1 Å². The number of ether oxygens (including phenoxy) is 5. The van der Waals surface area contributed by atoms with Crippen molar-refractivity contribution in [1.82, 2.24) is 0 Å². The number of carbonyl (C=O) groups excluding carboxylic acids is 1. The van der Waals surface area contributed by atoms with Crippen LogP contribution in [0.5, 0.6) is 28.7 Å². The second-order valence-electron chi connectivity index (χ2n) is 10.00. The molecule has 4 rings (SSSR count). The van der Waals surface area contributed by atoms with E-state index in [4.69, 9.17) is 29.4 Å². The zero-order valence-electron chi connectivity index (χ0n) is 24.6. The lowest BCUT2D eigenvalue weighted by molar-refractivity contribution is -0.141. The van der Waals surface area contributed by atoms with Gasteiger partial charge in [-0.2, -0.15) is 5.26 Å². The number of carbonyl (C=O) groups is 1. The van der Waals surface area contributed by atoms with E-state index in [1.54, 1.807) is 25.1 Å². The fourth-order valence-electron chi connectivity index (χ4n) is 4.72. The number of nitriles is 1. The third-order valence-corrected chi connectivity index (χ3v) is 6.99. The number of hydrogen-bond acceptors (Lipinski definition) is 8. The third-order valence-electron chi connectivity index (χ3n) is 6.99. The second kappa shape index (κ2) is 14.3. The monoisotopic (exact) mass is 570 g/mol. The van der Waals surface area contributed by atoms with Gasteiger partial charge in [0.05, 0.1) is 19.1 Å². The van der Waals surface area contributed by atoms with Crippen molar-refractivity contribution >= 4 is 5.97 Å². The molecular weight excluding hydrogens is 532 g/mol. The van der Waals surface area contributed by atoms with E-state index in [1.165, 1.54) is 5.56 Å². The Hall–Kier alpha value is -4.64. The lowest BCUT2D eigenvalue weighted by Crippen LogP contribution is -2.28. The molecule has 0 spiro atoms. The summed E-state index contributed by atoms with van der Waals surface area (Å²) in [4.78, 5) is 12.8. The van der Waals surface area contributed by atoms with Crippen LogP contribution < -0.4 is 29.4 Å². The summed E-state index contributed by atoms with van der Waals surface area (Å²) in [6, 6.07) is 20.5. The van der Waals surface area contributed by atoms with E-state index < -0.39 is 18.0 Å². The summed E-state index contributed by atoms with van der Waals surface area (Å²) in [7, 11) is 0. The molecule has 0 radical (unpaired) electrons. The van der Waals surface area contributed by atoms with Gasteiger partial charge in [-0.05, 0) is 68.1 Å². The number of aryl methyl sites for hydroxylation is 1. The summed E-state index contributed by atoms with van der Waals surface area (Å²) in [5, 5.41) is 9.99. The zero-order chi connectivity index (χ0) is 30.1. The van der Waals surface area contributed by atoms with Crippen LogP contribution in [-0.2, 0) is 11.2 Å². The van der Waals surface area contributed by atoms with E-state index >= 15 is 0 Å². The normalized spacial score (nSPS) is 14.7. The fourth-order valence-corrected chi connectivity index (χ4v) is 4.72. The van der Waals surface area contributed by atoms with Gasteiger partial charge in [0.2, 0.25) is 5.88 Å². The first kappa shape index (κ1) is 30.3. The van der Waals surface area contributed by atoms with E-state index in [-0.39, 0.29) is 17.2 Å². The van der Waals surface area contributed by atoms with E-state index in [0.29, 0.717) is 41.8 Å². The highest BCUT2D eigenvalue weighted by Crippen LogP contribution is 2.45. The summed E-state index contributed by atoms with van der Waals surface area (Å²) in [6.07, 6.45) is 3.24. The number of benzene rings is 3. The number of esters is 1. The van der Waals surface area contributed by atoms with Gasteiger partial charge >= 0.3 is 5.97 Å². The minimum Gasteiger partial charge on any atom is -0.490 e. The average Bonchev–Trinajstić information content (AvgIpc) is 2.99. The Bertz CT molecular complexity index is 1460. The molecule has 1 aliphatic heterocycles. The third kappa shape index (κ3) is 7.16. The van der Waals surface area contributed by atoms with Crippen LogP contribution in [-0.4, -0.2) is 25.3 Å². The van der Waals surface area contributed by atoms with Crippen LogP contribution in [0.3, 0.4) is 0 Å². The predicted octanol–water partition coefficient (Wildman–Crippen LogP) is 6.81. The highest BCUT2D eigenvalue weighted by molar-refractivity contribution is 5.77. The molecule has 8 heteroatoms. The van der Waals surface area contributed by atoms with E-state index in [1.807, 2.05) is 49.4 Å². The molecule has 8 nitrogen and oxygen atoms in total. The molecule has 0 bridgehead atoms. The predicted molar refractivity (Wildman–Crippen MR) is 160 cm³/mol. The van der Waals surface area contributed by atoms with Crippen molar-refractivity contribution in [3.63, 3.8) is 0 Å². The van der Waals surface area contributed by atoms with Crippen LogP contribution >= 0.6 is 0 Å². The van der Waals surface area contributed by atoms with Gasteiger partial charge in [-0.25, -0.2) is 4.79 Å². The Labute approximate surface area is 247 Å². The summed E-state index contributed by atoms with van der Waals surface area (Å²) in [6.45, 7) is 8.82. The molecule has 0 aliphatic carbocycles. The van der Waals surface area contributed by atoms with E-state index in [0.717, 1.165) is 31.2 Å². The van der Waals surface area contributed by atoms with Crippen molar-refractivity contribution < 1.29 is 28.5 Å². The Balaban J connectivity index is 1.56. The topological polar surface area (TPSA) is 113 Å². The average molecular weight is 571 g/mol. The van der Waals surface area contributed by atoms with Crippen molar-refractivity contribution in [2.75, 3.05) is 13.2 Å². The minimum atomic E-state index is -0.836. The Morgan fingerprint density at radius 3 is 2.43 bits per heavy atom. The van der Waals surface area contributed by atoms with Crippen molar-refractivity contribution in [2.24, 2.45) is 5.73 Å². The van der Waals surface area contributed by atoms with Crippen molar-refractivity contribution in [1.29, 1.82) is 5.26 Å². The maximum Gasteiger partial charge on any atom is 0.352 e. The molecule has 3 aromatic rings. The van der Waals surface area contributed by atoms with Crippen LogP contribution in [0.4, 0.5) is 0 Å². The Kier molecular flexibility index (Phi) is 10.3. The zero-order valence-corrected chi connectivity index (χ0v) is 24.6. The largest absolute Gasteiger partial charge is 0.490 e. The van der Waals surface area contributed by atoms with Crippen molar-refractivity contribution in [3.05, 3.63) is 88.8 Å². The van der Waals surface area contributed by atoms with Gasteiger partial charge < -0.3 is 29.4 Å². The number of allylic oxidation sites excluding steroid dienone is 1. The van der Waals surface area contributed by atoms with Gasteiger partial charge in [0, 0.05) is 11.6 Å². The minimum absolute atomic E-state index is 0.0106. The van der Waals surface area contributed by atoms with Crippen molar-refractivity contribution in [2.45, 2.75) is 65.4 Å². The maximum atomic E-state index is 12.8. The Morgan fingerprint density at radius 1 is 0.976 bits per heavy atom. The van der Waals surface area contributed by atoms with Crippen LogP contribution in [0.15, 0.2) is 72.1 Å². The molecule has 1 heterocycles. The van der Waals surface area contributed by atoms with Gasteiger partial charge in [-0.15, -0.1) is 0 Å². The van der Waals surface area contributed by atoms with Gasteiger partial charge in [-0.1, -0.05) is 51.0 Å². The first-order valence-corrected chi connectivity index (χ1v) is 14.5. The van der Waals surface area contributed by atoms with Gasteiger partial charge in [0.25, 0.3) is 0 Å². The lowest BCUT2D eigenvalue weighted by Gasteiger charge is -2.27. The standard InChI is InChI=1S/C34H38N2O6/c1-5-8-9-18-39-29-17-12-24(19-31(29)38-7-3)32-27-16-15-26(20-30(27)42-33(36)28(32)21-35)41-34(37)22(4)40-25-13-10-23(6-2)11-14-25/h10-17,19-20,22,32H,5-9,18,36H2,1-4H3. The smallest absolute Gasteiger partial charge is 0.352 e. The molecule has 0 amide bonds. The molecule has 3 aromatic carbocycles. The number of rotatable bonds is 13. The summed E-state index contributed by atoms with van der Waals surface area (Å²) in [5.74, 6) is 1.42. The van der Waals surface area contributed by atoms with E-state index in [2.05, 4.69) is 19.9 Å². The molecule has 0 fully saturated rings. The van der Waals surface area contributed by atoms with Gasteiger partial charge in [-0.3, -0.25) is 0 Å². The van der Waals surface area contributed by atoms with Crippen LogP contribution in [0.2, 0.25) is 0 Å². The molecule has 0 saturated heterocycles. The highest BCUT2D eigenvalue weighted by Gasteiger charge is 2.32. The number of unbranched alkanes of at least 4 members (excludes halogenated alkanes) is 2. The molecule has 220 valence electrons. The molecule has 1 aliphatic rings. The molecule has 0 aromatic heterocycles. The quantitative estimate of drug-likeness (QED) is 0.135. The molecule has 2 unspecified atom stereocenters. The summed E-state index contributed by atoms with van der Waals surface area (Å²) < 4.78 is 29.1. The number of nitrogens with zero attached hydrogens (tertiary/aromatic N) is 1. The fraction of sp³-hybridized carbons (Fsp3) is 0.353. The number of nitrogens with two attached hydrogens (primary N) is 1. The summed E-state index contributed by atoms with van der Waals surface area (Å²) in [5.41, 5.74) is 9.17. The second-order valence-corrected chi connectivity index (χ2v) is 10.00. The molecule has 2 atom stereocenters. The van der Waals surface area contributed by atoms with Gasteiger partial charge in [0.15, 0.2) is 17.6 Å². The van der Waals surface area contributed by atoms with Crippen molar-refractivity contribution in [3.8, 4) is 34.8 Å². The highest BCUT2D eigenvalue weighted by atomic mass is 16.6. The van der Waals surface area contributed by atoms with Crippen LogP contribution in [0, 0.1) is 11.3 Å². The molecule has 42 heavy (non-hydrogen) atoms. The SMILES string of the molecule is CCCCCOc1ccc(C2C(C#N)=C(N)Oc3cc(OC(=O)C(C)Oc4ccc(CC)cc4)ccc32)cc1OCC. The number of hydrogen-bond donors (Lipinski definition) is 1. The molecule has 2 N–H and O–H groups in total. The Morgan fingerprint density at radius 2 is 1.74 bits per heavy atom.